The molecule has 3 heterocycles. The Hall–Kier alpha value is -0.900. The van der Waals surface area contributed by atoms with E-state index in [2.05, 4.69) is 15.2 Å². The van der Waals surface area contributed by atoms with Gasteiger partial charge in [-0.2, -0.15) is 0 Å². The van der Waals surface area contributed by atoms with Crippen LogP contribution in [0.3, 0.4) is 0 Å². The van der Waals surface area contributed by atoms with Crippen LogP contribution in [0.4, 0.5) is 4.39 Å². The van der Waals surface area contributed by atoms with Crippen LogP contribution in [0, 0.1) is 11.8 Å². The Morgan fingerprint density at radius 1 is 1.39 bits per heavy atom. The molecule has 6 N–H and O–H groups in total. The van der Waals surface area contributed by atoms with Gasteiger partial charge in [0.15, 0.2) is 0 Å². The van der Waals surface area contributed by atoms with E-state index in [1.807, 2.05) is 27.0 Å². The van der Waals surface area contributed by atoms with Crippen molar-refractivity contribution in [2.45, 2.75) is 81.8 Å². The molecular formula is C20H34FN5O2. The summed E-state index contributed by atoms with van der Waals surface area (Å²) in [6.45, 7) is 6.87. The molecule has 1 spiro atoms. The molecule has 7 atom stereocenters. The zero-order chi connectivity index (χ0) is 20.3. The second-order valence-electron chi connectivity index (χ2n) is 9.85. The van der Waals surface area contributed by atoms with Gasteiger partial charge in [0, 0.05) is 30.1 Å². The van der Waals surface area contributed by atoms with Crippen molar-refractivity contribution in [3.63, 3.8) is 0 Å². The SMILES string of the molecule is CC(C)(C)OC1CC=NCC1NC(O)C(C(N)N)C1CC23CC2C=C(F)CN13. The Kier molecular flexibility index (Phi) is 5.17. The number of aliphatic imine (C=N–C) groups is 1. The molecular weight excluding hydrogens is 361 g/mol. The molecule has 0 aromatic rings. The average molecular weight is 396 g/mol. The molecule has 0 bridgehead atoms. The van der Waals surface area contributed by atoms with Crippen LogP contribution >= 0.6 is 0 Å². The van der Waals surface area contributed by atoms with Crippen molar-refractivity contribution in [2.75, 3.05) is 13.1 Å². The van der Waals surface area contributed by atoms with Gasteiger partial charge < -0.3 is 21.3 Å². The first-order chi connectivity index (χ1) is 13.1. The summed E-state index contributed by atoms with van der Waals surface area (Å²) in [5.41, 5.74) is 12.0. The highest BCUT2D eigenvalue weighted by molar-refractivity contribution is 5.59. The van der Waals surface area contributed by atoms with Gasteiger partial charge >= 0.3 is 0 Å². The lowest BCUT2D eigenvalue weighted by molar-refractivity contribution is -0.108. The number of aliphatic hydroxyl groups is 1. The summed E-state index contributed by atoms with van der Waals surface area (Å²) in [7, 11) is 0. The fourth-order valence-corrected chi connectivity index (χ4v) is 5.36. The van der Waals surface area contributed by atoms with Crippen LogP contribution in [0.25, 0.3) is 0 Å². The van der Waals surface area contributed by atoms with E-state index in [0.717, 1.165) is 12.8 Å². The number of rotatable bonds is 6. The lowest BCUT2D eigenvalue weighted by Crippen LogP contribution is -2.70. The predicted octanol–water partition coefficient (Wildman–Crippen LogP) is 0.481. The Morgan fingerprint density at radius 2 is 2.14 bits per heavy atom. The second-order valence-corrected chi connectivity index (χ2v) is 9.85. The van der Waals surface area contributed by atoms with E-state index in [-0.39, 0.29) is 41.1 Å². The number of halogens is 1. The minimum absolute atomic E-state index is 0.0268. The van der Waals surface area contributed by atoms with Gasteiger partial charge in [-0.05, 0) is 45.6 Å². The van der Waals surface area contributed by atoms with E-state index in [0.29, 0.717) is 25.4 Å². The summed E-state index contributed by atoms with van der Waals surface area (Å²) in [6.07, 6.45) is 4.52. The Bertz CT molecular complexity index is 663. The highest BCUT2D eigenvalue weighted by Gasteiger charge is 2.69. The summed E-state index contributed by atoms with van der Waals surface area (Å²) < 4.78 is 20.1. The van der Waals surface area contributed by atoms with Gasteiger partial charge in [-0.15, -0.1) is 0 Å². The van der Waals surface area contributed by atoms with Crippen LogP contribution in [-0.2, 0) is 4.74 Å². The van der Waals surface area contributed by atoms with E-state index in [1.54, 1.807) is 6.08 Å². The van der Waals surface area contributed by atoms with Gasteiger partial charge in [0.2, 0.25) is 0 Å². The first kappa shape index (κ1) is 20.4. The van der Waals surface area contributed by atoms with Gasteiger partial charge in [0.1, 0.15) is 12.1 Å². The monoisotopic (exact) mass is 395 g/mol. The standard InChI is InChI=1S/C20H34FN5O2/c1-19(2,3)28-15-4-5-24-9-13(15)25-18(27)16(17(22)23)14-8-20-7-11(20)6-12(21)10-26(14)20/h5-6,11,13-18,25,27H,4,7-10,22-23H2,1-3H3. The molecule has 1 saturated heterocycles. The molecule has 158 valence electrons. The van der Waals surface area contributed by atoms with Crippen molar-refractivity contribution in [1.82, 2.24) is 10.2 Å². The summed E-state index contributed by atoms with van der Waals surface area (Å²) in [6, 6.07) is -0.151. The third kappa shape index (κ3) is 3.66. The van der Waals surface area contributed by atoms with E-state index in [1.165, 1.54) is 0 Å². The normalized spacial score (nSPS) is 39.6. The number of nitrogens with zero attached hydrogens (tertiary/aromatic N) is 2. The van der Waals surface area contributed by atoms with Crippen molar-refractivity contribution in [3.8, 4) is 0 Å². The molecule has 2 fully saturated rings. The number of nitrogens with one attached hydrogen (secondary N) is 1. The Morgan fingerprint density at radius 3 is 2.82 bits per heavy atom. The first-order valence-corrected chi connectivity index (χ1v) is 10.3. The van der Waals surface area contributed by atoms with Crippen molar-refractivity contribution < 1.29 is 14.2 Å². The fraction of sp³-hybridized carbons (Fsp3) is 0.850. The maximum atomic E-state index is 14.0. The van der Waals surface area contributed by atoms with Crippen LogP contribution in [0.15, 0.2) is 16.9 Å². The number of hydrogen-bond acceptors (Lipinski definition) is 7. The average Bonchev–Trinajstić information content (AvgIpc) is 3.29. The second kappa shape index (κ2) is 7.11. The molecule has 4 aliphatic rings. The number of ether oxygens (including phenoxy) is 1. The molecule has 7 unspecified atom stereocenters. The van der Waals surface area contributed by atoms with Gasteiger partial charge in [-0.1, -0.05) is 0 Å². The van der Waals surface area contributed by atoms with Crippen LogP contribution in [0.5, 0.6) is 0 Å². The van der Waals surface area contributed by atoms with Crippen LogP contribution < -0.4 is 16.8 Å². The van der Waals surface area contributed by atoms with Crippen molar-refractivity contribution >= 4 is 6.21 Å². The van der Waals surface area contributed by atoms with Crippen molar-refractivity contribution in [1.29, 1.82) is 0 Å². The van der Waals surface area contributed by atoms with E-state index in [4.69, 9.17) is 16.2 Å². The smallest absolute Gasteiger partial charge is 0.112 e. The molecule has 28 heavy (non-hydrogen) atoms. The van der Waals surface area contributed by atoms with Crippen molar-refractivity contribution in [3.05, 3.63) is 11.9 Å². The largest absolute Gasteiger partial charge is 0.378 e. The number of hydrogen-bond donors (Lipinski definition) is 4. The van der Waals surface area contributed by atoms with Gasteiger partial charge in [-0.25, -0.2) is 4.39 Å². The molecule has 3 aliphatic heterocycles. The molecule has 8 heteroatoms. The summed E-state index contributed by atoms with van der Waals surface area (Å²) >= 11 is 0. The third-order valence-corrected chi connectivity index (χ3v) is 6.70. The molecule has 1 saturated carbocycles. The molecule has 7 nitrogen and oxygen atoms in total. The summed E-state index contributed by atoms with van der Waals surface area (Å²) in [5.74, 6) is -0.177. The zero-order valence-electron chi connectivity index (χ0n) is 17.0. The zero-order valence-corrected chi connectivity index (χ0v) is 17.0. The molecule has 0 radical (unpaired) electrons. The fourth-order valence-electron chi connectivity index (χ4n) is 5.36. The molecule has 0 aromatic carbocycles. The van der Waals surface area contributed by atoms with Crippen molar-refractivity contribution in [2.24, 2.45) is 28.3 Å². The first-order valence-electron chi connectivity index (χ1n) is 10.3. The molecule has 4 rings (SSSR count). The Balaban J connectivity index is 1.44. The van der Waals surface area contributed by atoms with Gasteiger partial charge in [0.05, 0.1) is 37.0 Å². The summed E-state index contributed by atoms with van der Waals surface area (Å²) in [5, 5.41) is 14.3. The van der Waals surface area contributed by atoms with Crippen LogP contribution in [-0.4, -0.2) is 71.0 Å². The molecule has 1 aliphatic carbocycles. The minimum atomic E-state index is -0.905. The maximum absolute atomic E-state index is 14.0. The minimum Gasteiger partial charge on any atom is -0.378 e. The highest BCUT2D eigenvalue weighted by atomic mass is 19.1. The van der Waals surface area contributed by atoms with Gasteiger partial charge in [-0.3, -0.25) is 15.2 Å². The lowest BCUT2D eigenvalue weighted by atomic mass is 9.76. The maximum Gasteiger partial charge on any atom is 0.112 e. The number of nitrogens with two attached hydrogens (primary N) is 2. The highest BCUT2D eigenvalue weighted by Crippen LogP contribution is 2.64. The van der Waals surface area contributed by atoms with E-state index >= 15 is 0 Å². The predicted molar refractivity (Wildman–Crippen MR) is 106 cm³/mol. The van der Waals surface area contributed by atoms with E-state index in [9.17, 15) is 9.50 Å². The van der Waals surface area contributed by atoms with Crippen LogP contribution in [0.1, 0.15) is 40.0 Å². The van der Waals surface area contributed by atoms with Gasteiger partial charge in [0.25, 0.3) is 0 Å². The Labute approximate surface area is 166 Å². The third-order valence-electron chi connectivity index (χ3n) is 6.70. The topological polar surface area (TPSA) is 109 Å². The lowest BCUT2D eigenvalue weighted by Gasteiger charge is -2.56. The number of aliphatic hydroxyl groups excluding tert-OH is 1. The van der Waals surface area contributed by atoms with E-state index < -0.39 is 12.4 Å². The molecule has 0 aromatic heterocycles. The molecule has 0 amide bonds. The quantitative estimate of drug-likeness (QED) is 0.487. The van der Waals surface area contributed by atoms with Crippen LogP contribution in [0.2, 0.25) is 0 Å². The summed E-state index contributed by atoms with van der Waals surface area (Å²) in [4.78, 5) is 6.52.